The summed E-state index contributed by atoms with van der Waals surface area (Å²) in [4.78, 5) is 22.5. The maximum Gasteiger partial charge on any atom is 1.00 e. The van der Waals surface area contributed by atoms with Gasteiger partial charge in [-0.3, -0.25) is 4.79 Å². The number of ether oxygens (including phenoxy) is 1. The van der Waals surface area contributed by atoms with Crippen LogP contribution in [-0.4, -0.2) is 37.6 Å². The van der Waals surface area contributed by atoms with Crippen LogP contribution < -0.4 is 29.6 Å². The fourth-order valence-corrected chi connectivity index (χ4v) is 2.80. The average molecular weight is 410 g/mol. The summed E-state index contributed by atoms with van der Waals surface area (Å²) in [5.74, 6) is -0.955. The van der Waals surface area contributed by atoms with Crippen molar-refractivity contribution in [2.45, 2.75) is 12.8 Å². The maximum absolute atomic E-state index is 11.9. The summed E-state index contributed by atoms with van der Waals surface area (Å²) in [5, 5.41) is 0. The molecule has 0 aliphatic rings. The Kier molecular flexibility index (Phi) is 10.3. The summed E-state index contributed by atoms with van der Waals surface area (Å²) in [7, 11) is -4.22. The van der Waals surface area contributed by atoms with Crippen molar-refractivity contribution in [2.24, 2.45) is 0 Å². The second kappa shape index (κ2) is 11.9. The first-order chi connectivity index (χ1) is 12.9. The number of esters is 1. The van der Waals surface area contributed by atoms with E-state index >= 15 is 0 Å². The summed E-state index contributed by atoms with van der Waals surface area (Å²) in [6, 6.07) is 14.0. The van der Waals surface area contributed by atoms with Crippen LogP contribution in [0, 0.1) is 0 Å². The van der Waals surface area contributed by atoms with Gasteiger partial charge in [-0.25, -0.2) is 13.2 Å². The van der Waals surface area contributed by atoms with Crippen LogP contribution in [-0.2, 0) is 14.9 Å². The maximum atomic E-state index is 11.9. The number of hydrogen-bond donors (Lipinski definition) is 0. The molecule has 0 aliphatic carbocycles. The van der Waals surface area contributed by atoms with Crippen LogP contribution in [0.1, 0.15) is 44.7 Å². The molecule has 0 radical (unpaired) electrons. The van der Waals surface area contributed by atoms with E-state index in [9.17, 15) is 22.6 Å². The van der Waals surface area contributed by atoms with Gasteiger partial charge in [0, 0.05) is 11.3 Å². The van der Waals surface area contributed by atoms with E-state index in [1.54, 1.807) is 36.4 Å². The van der Waals surface area contributed by atoms with Crippen molar-refractivity contribution in [2.75, 3.05) is 12.4 Å². The quantitative estimate of drug-likeness (QED) is 0.146. The Labute approximate surface area is 186 Å². The first-order valence-electron chi connectivity index (χ1n) is 8.31. The minimum Gasteiger partial charge on any atom is -0.748 e. The molecule has 142 valence electrons. The van der Waals surface area contributed by atoms with E-state index in [0.717, 1.165) is 17.4 Å². The van der Waals surface area contributed by atoms with E-state index in [0.29, 0.717) is 17.5 Å². The number of benzene rings is 2. The van der Waals surface area contributed by atoms with E-state index in [2.05, 4.69) is 0 Å². The third-order valence-electron chi connectivity index (χ3n) is 3.71. The molecule has 0 atom stereocenters. The molecule has 8 heteroatoms. The SMILES string of the molecule is O=Cc1ccc(/C=C/c2ccc(C(=O)OCCCCS(=O)(=O)[O-])cc2)cc1.[Na+]. The Morgan fingerprint density at radius 2 is 1.39 bits per heavy atom. The number of carbonyl (C=O) groups is 2. The molecular weight excluding hydrogens is 391 g/mol. The van der Waals surface area contributed by atoms with Crippen molar-refractivity contribution >= 4 is 34.5 Å². The average Bonchev–Trinajstić information content (AvgIpc) is 2.66. The number of rotatable bonds is 9. The summed E-state index contributed by atoms with van der Waals surface area (Å²) >= 11 is 0. The third kappa shape index (κ3) is 8.95. The van der Waals surface area contributed by atoms with Crippen LogP contribution in [0.4, 0.5) is 0 Å². The number of unbranched alkanes of at least 4 members (excludes halogenated alkanes) is 1. The zero-order valence-electron chi connectivity index (χ0n) is 15.5. The molecule has 0 bridgehead atoms. The minimum absolute atomic E-state index is 0. The molecule has 0 aromatic heterocycles. The zero-order chi connectivity index (χ0) is 19.7. The molecule has 0 aliphatic heterocycles. The minimum atomic E-state index is -4.22. The fourth-order valence-electron chi connectivity index (χ4n) is 2.24. The molecule has 0 amide bonds. The Bertz CT molecular complexity index is 903. The molecule has 0 saturated carbocycles. The van der Waals surface area contributed by atoms with Crippen molar-refractivity contribution < 1.29 is 56.9 Å². The van der Waals surface area contributed by atoms with E-state index in [4.69, 9.17) is 4.74 Å². The molecule has 0 saturated heterocycles. The molecule has 2 aromatic carbocycles. The van der Waals surface area contributed by atoms with Crippen molar-refractivity contribution in [3.05, 3.63) is 70.8 Å². The van der Waals surface area contributed by atoms with Crippen molar-refractivity contribution in [3.63, 3.8) is 0 Å². The first kappa shape index (κ1) is 24.3. The normalized spacial score (nSPS) is 11.0. The smallest absolute Gasteiger partial charge is 0.748 e. The molecule has 2 aromatic rings. The van der Waals surface area contributed by atoms with Gasteiger partial charge in [0.2, 0.25) is 0 Å². The summed E-state index contributed by atoms with van der Waals surface area (Å²) < 4.78 is 36.5. The molecular formula is C20H19NaO6S. The van der Waals surface area contributed by atoms with Crippen LogP contribution in [0.2, 0.25) is 0 Å². The second-order valence-corrected chi connectivity index (χ2v) is 7.37. The predicted octanol–water partition coefficient (Wildman–Crippen LogP) is 0.156. The topological polar surface area (TPSA) is 101 Å². The number of aldehydes is 1. The van der Waals surface area contributed by atoms with E-state index in [1.165, 1.54) is 0 Å². The monoisotopic (exact) mass is 410 g/mol. The van der Waals surface area contributed by atoms with Crippen molar-refractivity contribution in [1.82, 2.24) is 0 Å². The van der Waals surface area contributed by atoms with Crippen LogP contribution >= 0.6 is 0 Å². The van der Waals surface area contributed by atoms with Crippen molar-refractivity contribution in [1.29, 1.82) is 0 Å². The third-order valence-corrected chi connectivity index (χ3v) is 4.50. The summed E-state index contributed by atoms with van der Waals surface area (Å²) in [6.45, 7) is 0.0623. The zero-order valence-corrected chi connectivity index (χ0v) is 18.4. The standard InChI is InChI=1S/C20H20O6S.Na/c21-15-18-7-5-16(6-8-18)3-4-17-9-11-19(12-10-17)20(22)26-13-1-2-14-27(23,24)25;/h3-12,15H,1-2,13-14H2,(H,23,24,25);/q;+1/p-1/b4-3+;. The molecule has 2 rings (SSSR count). The molecule has 0 unspecified atom stereocenters. The molecule has 0 heterocycles. The van der Waals surface area contributed by atoms with E-state index in [-0.39, 0.29) is 42.6 Å². The van der Waals surface area contributed by atoms with Gasteiger partial charge < -0.3 is 9.29 Å². The van der Waals surface area contributed by atoms with E-state index in [1.807, 2.05) is 24.3 Å². The molecule has 0 fully saturated rings. The van der Waals surface area contributed by atoms with Gasteiger partial charge in [-0.05, 0) is 36.1 Å². The van der Waals surface area contributed by atoms with Crippen LogP contribution in [0.25, 0.3) is 12.2 Å². The van der Waals surface area contributed by atoms with Gasteiger partial charge in [-0.2, -0.15) is 0 Å². The molecule has 28 heavy (non-hydrogen) atoms. The van der Waals surface area contributed by atoms with Gasteiger partial charge in [0.25, 0.3) is 0 Å². The number of hydrogen-bond acceptors (Lipinski definition) is 6. The summed E-state index contributed by atoms with van der Waals surface area (Å²) in [5.41, 5.74) is 2.85. The first-order valence-corrected chi connectivity index (χ1v) is 9.89. The van der Waals surface area contributed by atoms with Gasteiger partial charge in [-0.15, -0.1) is 0 Å². The Balaban J connectivity index is 0.00000392. The second-order valence-electron chi connectivity index (χ2n) is 5.84. The van der Waals surface area contributed by atoms with Crippen LogP contribution in [0.5, 0.6) is 0 Å². The van der Waals surface area contributed by atoms with Gasteiger partial charge in [0.15, 0.2) is 0 Å². The van der Waals surface area contributed by atoms with Crippen LogP contribution in [0.15, 0.2) is 48.5 Å². The number of carbonyl (C=O) groups excluding carboxylic acids is 2. The summed E-state index contributed by atoms with van der Waals surface area (Å²) in [6.07, 6.45) is 5.05. The fraction of sp³-hybridized carbons (Fsp3) is 0.200. The Morgan fingerprint density at radius 3 is 1.89 bits per heavy atom. The van der Waals surface area contributed by atoms with E-state index < -0.39 is 21.8 Å². The van der Waals surface area contributed by atoms with Gasteiger partial charge in [0.1, 0.15) is 6.29 Å². The van der Waals surface area contributed by atoms with Gasteiger partial charge in [0.05, 0.1) is 22.3 Å². The van der Waals surface area contributed by atoms with Crippen LogP contribution in [0.3, 0.4) is 0 Å². The van der Waals surface area contributed by atoms with Gasteiger partial charge in [-0.1, -0.05) is 48.6 Å². The largest absolute Gasteiger partial charge is 1.00 e. The van der Waals surface area contributed by atoms with Gasteiger partial charge >= 0.3 is 35.5 Å². The van der Waals surface area contributed by atoms with Crippen molar-refractivity contribution in [3.8, 4) is 0 Å². The molecule has 0 spiro atoms. The Hall–Kier alpha value is -1.77. The predicted molar refractivity (Wildman–Crippen MR) is 101 cm³/mol. The molecule has 6 nitrogen and oxygen atoms in total. The molecule has 0 N–H and O–H groups in total. The Morgan fingerprint density at radius 1 is 0.893 bits per heavy atom.